The van der Waals surface area contributed by atoms with E-state index in [-0.39, 0.29) is 6.10 Å². The fraction of sp³-hybridized carbons (Fsp3) is 0.286. The Bertz CT molecular complexity index is 1020. The van der Waals surface area contributed by atoms with Crippen LogP contribution in [0.4, 0.5) is 0 Å². The molecule has 162 valence electrons. The van der Waals surface area contributed by atoms with Gasteiger partial charge in [0.1, 0.15) is 31.1 Å². The maximum Gasteiger partial charge on any atom is 0.169 e. The van der Waals surface area contributed by atoms with E-state index in [2.05, 4.69) is 20.3 Å². The van der Waals surface area contributed by atoms with Gasteiger partial charge in [-0.2, -0.15) is 5.10 Å². The molecule has 1 aliphatic heterocycles. The predicted octanol–water partition coefficient (Wildman–Crippen LogP) is 3.73. The maximum atomic E-state index is 6.23. The average Bonchev–Trinajstić information content (AvgIpc) is 3.32. The molecular formula is C21H21Cl2N5O2S. The summed E-state index contributed by atoms with van der Waals surface area (Å²) >= 11 is 17.7. The van der Waals surface area contributed by atoms with Gasteiger partial charge in [0, 0.05) is 29.7 Å². The van der Waals surface area contributed by atoms with Crippen LogP contribution in [-0.4, -0.2) is 57.2 Å². The smallest absolute Gasteiger partial charge is 0.169 e. The molecule has 2 heterocycles. The van der Waals surface area contributed by atoms with Crippen LogP contribution in [0.1, 0.15) is 5.56 Å². The fourth-order valence-electron chi connectivity index (χ4n) is 3.18. The maximum absolute atomic E-state index is 6.23. The summed E-state index contributed by atoms with van der Waals surface area (Å²) in [5, 5.41) is 9.27. The van der Waals surface area contributed by atoms with Crippen molar-refractivity contribution in [3.8, 4) is 11.4 Å². The van der Waals surface area contributed by atoms with E-state index in [0.29, 0.717) is 41.5 Å². The molecule has 10 heteroatoms. The lowest BCUT2D eigenvalue weighted by Crippen LogP contribution is -2.50. The third kappa shape index (κ3) is 5.86. The Kier molecular flexibility index (Phi) is 7.24. The Balaban J connectivity index is 1.25. The zero-order valence-electron chi connectivity index (χ0n) is 16.6. The topological polar surface area (TPSA) is 64.4 Å². The highest BCUT2D eigenvalue weighted by atomic mass is 35.5. The Labute approximate surface area is 195 Å². The number of hydrogen-bond donors (Lipinski definition) is 1. The van der Waals surface area contributed by atoms with Crippen molar-refractivity contribution in [2.24, 2.45) is 0 Å². The first-order chi connectivity index (χ1) is 15.1. The number of thiocarbonyl (C=S) groups is 1. The highest BCUT2D eigenvalue weighted by Gasteiger charge is 2.23. The van der Waals surface area contributed by atoms with Crippen molar-refractivity contribution < 1.29 is 9.47 Å². The zero-order chi connectivity index (χ0) is 21.6. The summed E-state index contributed by atoms with van der Waals surface area (Å²) in [7, 11) is 0. The second-order valence-corrected chi connectivity index (χ2v) is 8.21. The Morgan fingerprint density at radius 3 is 2.81 bits per heavy atom. The normalized spacial score (nSPS) is 16.2. The second kappa shape index (κ2) is 10.3. The van der Waals surface area contributed by atoms with Crippen molar-refractivity contribution >= 4 is 40.5 Å². The first-order valence-corrected chi connectivity index (χ1v) is 10.9. The van der Waals surface area contributed by atoms with E-state index < -0.39 is 0 Å². The summed E-state index contributed by atoms with van der Waals surface area (Å²) in [6, 6.07) is 13.1. The molecule has 0 spiro atoms. The van der Waals surface area contributed by atoms with Crippen molar-refractivity contribution in [1.82, 2.24) is 25.0 Å². The van der Waals surface area contributed by atoms with Gasteiger partial charge < -0.3 is 19.7 Å². The van der Waals surface area contributed by atoms with Crippen LogP contribution in [0.3, 0.4) is 0 Å². The zero-order valence-corrected chi connectivity index (χ0v) is 18.9. The summed E-state index contributed by atoms with van der Waals surface area (Å²) in [4.78, 5) is 6.04. The van der Waals surface area contributed by atoms with Crippen LogP contribution in [0.2, 0.25) is 10.0 Å². The molecule has 31 heavy (non-hydrogen) atoms. The molecule has 1 saturated heterocycles. The number of nitrogens with zero attached hydrogens (tertiary/aromatic N) is 4. The van der Waals surface area contributed by atoms with Crippen LogP contribution in [0, 0.1) is 0 Å². The molecule has 1 unspecified atom stereocenters. The van der Waals surface area contributed by atoms with Gasteiger partial charge in [-0.05, 0) is 54.2 Å². The third-order valence-electron chi connectivity index (χ3n) is 4.83. The molecular weight excluding hydrogens is 457 g/mol. The number of nitrogens with one attached hydrogen (secondary N) is 1. The molecule has 1 aromatic heterocycles. The van der Waals surface area contributed by atoms with Gasteiger partial charge in [0.25, 0.3) is 0 Å². The molecule has 0 amide bonds. The lowest BCUT2D eigenvalue weighted by atomic mass is 10.2. The minimum atomic E-state index is -0.0809. The molecule has 1 fully saturated rings. The largest absolute Gasteiger partial charge is 0.491 e. The molecule has 1 atom stereocenters. The van der Waals surface area contributed by atoms with E-state index in [1.165, 1.54) is 6.33 Å². The second-order valence-electron chi connectivity index (χ2n) is 6.98. The molecule has 2 aromatic carbocycles. The van der Waals surface area contributed by atoms with Crippen LogP contribution in [-0.2, 0) is 11.3 Å². The molecule has 0 saturated carbocycles. The van der Waals surface area contributed by atoms with E-state index in [9.17, 15) is 0 Å². The number of morpholine rings is 1. The van der Waals surface area contributed by atoms with E-state index in [0.717, 1.165) is 23.5 Å². The van der Waals surface area contributed by atoms with E-state index in [1.54, 1.807) is 17.1 Å². The van der Waals surface area contributed by atoms with Gasteiger partial charge in [0.15, 0.2) is 5.11 Å². The van der Waals surface area contributed by atoms with E-state index in [4.69, 9.17) is 44.9 Å². The average molecular weight is 478 g/mol. The SMILES string of the molecule is S=C(NCc1ccc(Cl)cc1Cl)N1CCOC(COc2ccc(-n3cncn3)cc2)C1. The lowest BCUT2D eigenvalue weighted by molar-refractivity contribution is -0.0288. The lowest BCUT2D eigenvalue weighted by Gasteiger charge is -2.34. The number of ether oxygens (including phenoxy) is 2. The number of halogens is 2. The summed E-state index contributed by atoms with van der Waals surface area (Å²) < 4.78 is 13.4. The van der Waals surface area contributed by atoms with Gasteiger partial charge in [-0.15, -0.1) is 0 Å². The van der Waals surface area contributed by atoms with Gasteiger partial charge >= 0.3 is 0 Å². The molecule has 0 aliphatic carbocycles. The van der Waals surface area contributed by atoms with E-state index in [1.807, 2.05) is 36.4 Å². The fourth-order valence-corrected chi connectivity index (χ4v) is 3.89. The third-order valence-corrected chi connectivity index (χ3v) is 5.82. The van der Waals surface area contributed by atoms with Crippen molar-refractivity contribution in [2.45, 2.75) is 12.6 Å². The van der Waals surface area contributed by atoms with Crippen LogP contribution < -0.4 is 10.1 Å². The summed E-state index contributed by atoms with van der Waals surface area (Å²) in [5.74, 6) is 0.766. The van der Waals surface area contributed by atoms with Crippen LogP contribution >= 0.6 is 35.4 Å². The Morgan fingerprint density at radius 1 is 1.23 bits per heavy atom. The highest BCUT2D eigenvalue weighted by Crippen LogP contribution is 2.21. The monoisotopic (exact) mass is 477 g/mol. The number of aromatic nitrogens is 3. The van der Waals surface area contributed by atoms with Gasteiger partial charge in [-0.25, -0.2) is 9.67 Å². The molecule has 1 aliphatic rings. The first-order valence-electron chi connectivity index (χ1n) is 9.74. The van der Waals surface area contributed by atoms with Crippen LogP contribution in [0.5, 0.6) is 5.75 Å². The summed E-state index contributed by atoms with van der Waals surface area (Å²) in [5.41, 5.74) is 1.86. The highest BCUT2D eigenvalue weighted by molar-refractivity contribution is 7.80. The standard InChI is InChI=1S/C21H21Cl2N5O2S/c22-16-2-1-15(20(23)9-16)10-25-21(31)27-7-8-29-19(11-27)12-30-18-5-3-17(4-6-18)28-14-24-13-26-28/h1-6,9,13-14,19H,7-8,10-12H2,(H,25,31). The van der Waals surface area contributed by atoms with Crippen molar-refractivity contribution in [1.29, 1.82) is 0 Å². The quantitative estimate of drug-likeness (QED) is 0.542. The Morgan fingerprint density at radius 2 is 2.06 bits per heavy atom. The predicted molar refractivity (Wildman–Crippen MR) is 124 cm³/mol. The number of benzene rings is 2. The molecule has 7 nitrogen and oxygen atoms in total. The molecule has 1 N–H and O–H groups in total. The summed E-state index contributed by atoms with van der Waals surface area (Å²) in [6.07, 6.45) is 3.07. The molecule has 3 aromatic rings. The van der Waals surface area contributed by atoms with Gasteiger partial charge in [0.2, 0.25) is 0 Å². The molecule has 4 rings (SSSR count). The minimum Gasteiger partial charge on any atom is -0.491 e. The number of rotatable bonds is 6. The van der Waals surface area contributed by atoms with Gasteiger partial charge in [-0.1, -0.05) is 29.3 Å². The van der Waals surface area contributed by atoms with Crippen molar-refractivity contribution in [3.05, 3.63) is 70.7 Å². The summed E-state index contributed by atoms with van der Waals surface area (Å²) in [6.45, 7) is 2.93. The minimum absolute atomic E-state index is 0.0809. The van der Waals surface area contributed by atoms with Gasteiger partial charge in [-0.3, -0.25) is 0 Å². The Hall–Kier alpha value is -2.39. The molecule has 0 bridgehead atoms. The van der Waals surface area contributed by atoms with Crippen LogP contribution in [0.25, 0.3) is 5.69 Å². The van der Waals surface area contributed by atoms with Crippen molar-refractivity contribution in [2.75, 3.05) is 26.3 Å². The first kappa shape index (κ1) is 21.8. The van der Waals surface area contributed by atoms with Gasteiger partial charge in [0.05, 0.1) is 12.3 Å². The van der Waals surface area contributed by atoms with Crippen molar-refractivity contribution in [3.63, 3.8) is 0 Å². The molecule has 0 radical (unpaired) electrons. The van der Waals surface area contributed by atoms with E-state index >= 15 is 0 Å². The number of hydrogen-bond acceptors (Lipinski definition) is 5. The van der Waals surface area contributed by atoms with Crippen LogP contribution in [0.15, 0.2) is 55.1 Å².